The predicted octanol–water partition coefficient (Wildman–Crippen LogP) is 3.48. The topological polar surface area (TPSA) is 45.9 Å². The Morgan fingerprint density at radius 3 is 2.63 bits per heavy atom. The number of thiocarbonyl (C=S) groups is 1. The third-order valence-corrected chi connectivity index (χ3v) is 5.95. The second kappa shape index (κ2) is 8.39. The Morgan fingerprint density at radius 2 is 1.85 bits per heavy atom. The summed E-state index contributed by atoms with van der Waals surface area (Å²) in [7, 11) is 0. The van der Waals surface area contributed by atoms with Gasteiger partial charge in [0.15, 0.2) is 0 Å². The molecule has 2 saturated heterocycles. The van der Waals surface area contributed by atoms with Crippen molar-refractivity contribution in [2.75, 3.05) is 39.4 Å². The minimum absolute atomic E-state index is 0.0454. The van der Waals surface area contributed by atoms with Crippen LogP contribution in [-0.2, 0) is 9.53 Å². The van der Waals surface area contributed by atoms with Crippen LogP contribution in [0.5, 0.6) is 0 Å². The molecule has 2 aliphatic heterocycles. The largest absolute Gasteiger partial charge is 0.457 e. The molecule has 0 atom stereocenters. The Kier molecular flexibility index (Phi) is 5.73. The van der Waals surface area contributed by atoms with E-state index in [4.69, 9.17) is 21.4 Å². The van der Waals surface area contributed by atoms with E-state index in [-0.39, 0.29) is 5.91 Å². The summed E-state index contributed by atoms with van der Waals surface area (Å²) in [5.74, 6) is 1.39. The third kappa shape index (κ3) is 4.32. The van der Waals surface area contributed by atoms with Gasteiger partial charge in [-0.3, -0.25) is 14.6 Å². The Balaban J connectivity index is 1.42. The second-order valence-electron chi connectivity index (χ2n) is 6.36. The predicted molar refractivity (Wildman–Crippen MR) is 111 cm³/mol. The van der Waals surface area contributed by atoms with E-state index in [0.29, 0.717) is 21.5 Å². The fraction of sp³-hybridized carbons (Fsp3) is 0.300. The fourth-order valence-electron chi connectivity index (χ4n) is 3.08. The molecule has 4 rings (SSSR count). The number of benzene rings is 1. The summed E-state index contributed by atoms with van der Waals surface area (Å²) in [4.78, 5) is 17.3. The van der Waals surface area contributed by atoms with Crippen molar-refractivity contribution in [3.8, 4) is 11.3 Å². The first-order valence-corrected chi connectivity index (χ1v) is 10.1. The zero-order valence-corrected chi connectivity index (χ0v) is 16.4. The van der Waals surface area contributed by atoms with Crippen molar-refractivity contribution in [3.05, 3.63) is 53.1 Å². The Labute approximate surface area is 168 Å². The normalized spacial score (nSPS) is 20.0. The number of amides is 1. The van der Waals surface area contributed by atoms with Gasteiger partial charge in [-0.15, -0.1) is 0 Å². The van der Waals surface area contributed by atoms with E-state index in [0.717, 1.165) is 44.2 Å². The van der Waals surface area contributed by atoms with Gasteiger partial charge in [0, 0.05) is 37.8 Å². The van der Waals surface area contributed by atoms with E-state index in [9.17, 15) is 4.79 Å². The van der Waals surface area contributed by atoms with Crippen molar-refractivity contribution in [3.63, 3.8) is 0 Å². The SMILES string of the molecule is O=C1/C(=C/c2ccc(-c3ccccc3)o2)SC(=S)N1CCN1CCOCC1. The summed E-state index contributed by atoms with van der Waals surface area (Å²) in [6, 6.07) is 13.7. The number of thioether (sulfide) groups is 1. The average Bonchev–Trinajstić information content (AvgIpc) is 3.27. The Hall–Kier alpha value is -1.93. The summed E-state index contributed by atoms with van der Waals surface area (Å²) in [5, 5.41) is 0. The van der Waals surface area contributed by atoms with Gasteiger partial charge in [0.25, 0.3) is 5.91 Å². The van der Waals surface area contributed by atoms with Crippen LogP contribution in [0.3, 0.4) is 0 Å². The van der Waals surface area contributed by atoms with Crippen molar-refractivity contribution in [2.45, 2.75) is 0 Å². The molecule has 5 nitrogen and oxygen atoms in total. The van der Waals surface area contributed by atoms with Crippen molar-refractivity contribution >= 4 is 40.3 Å². The zero-order chi connectivity index (χ0) is 18.6. The van der Waals surface area contributed by atoms with Crippen molar-refractivity contribution in [1.29, 1.82) is 0 Å². The van der Waals surface area contributed by atoms with Gasteiger partial charge in [-0.2, -0.15) is 0 Å². The molecule has 0 N–H and O–H groups in total. The summed E-state index contributed by atoms with van der Waals surface area (Å²) in [6.45, 7) is 4.72. The molecule has 0 radical (unpaired) electrons. The lowest BCUT2D eigenvalue weighted by Crippen LogP contribution is -2.42. The first-order valence-electron chi connectivity index (χ1n) is 8.91. The van der Waals surface area contributed by atoms with E-state index in [1.54, 1.807) is 11.0 Å². The maximum atomic E-state index is 12.7. The van der Waals surface area contributed by atoms with Gasteiger partial charge >= 0.3 is 0 Å². The van der Waals surface area contributed by atoms with E-state index in [1.165, 1.54) is 11.8 Å². The highest BCUT2D eigenvalue weighted by Gasteiger charge is 2.32. The van der Waals surface area contributed by atoms with Crippen LogP contribution in [0.15, 0.2) is 51.8 Å². The lowest BCUT2D eigenvalue weighted by atomic mass is 10.2. The Bertz CT molecular complexity index is 857. The number of furan rings is 1. The van der Waals surface area contributed by atoms with Gasteiger partial charge < -0.3 is 9.15 Å². The van der Waals surface area contributed by atoms with Crippen molar-refractivity contribution in [2.24, 2.45) is 0 Å². The number of rotatable bonds is 5. The van der Waals surface area contributed by atoms with Crippen LogP contribution < -0.4 is 0 Å². The van der Waals surface area contributed by atoms with Gasteiger partial charge in [-0.05, 0) is 12.1 Å². The van der Waals surface area contributed by atoms with E-state index in [1.807, 2.05) is 42.5 Å². The first-order chi connectivity index (χ1) is 13.2. The van der Waals surface area contributed by atoms with E-state index >= 15 is 0 Å². The first kappa shape index (κ1) is 18.4. The van der Waals surface area contributed by atoms with Gasteiger partial charge in [0.1, 0.15) is 15.8 Å². The molecule has 0 bridgehead atoms. The number of carbonyl (C=O) groups excluding carboxylic acids is 1. The standard InChI is InChI=1S/C20H20N2O3S2/c23-19-18(14-16-6-7-17(25-16)15-4-2-1-3-5-15)27-20(26)22(19)9-8-21-10-12-24-13-11-21/h1-7,14H,8-13H2/b18-14-. The molecular formula is C20H20N2O3S2. The third-order valence-electron chi connectivity index (χ3n) is 4.58. The number of ether oxygens (including phenoxy) is 1. The van der Waals surface area contributed by atoms with Crippen LogP contribution in [0.1, 0.15) is 5.76 Å². The average molecular weight is 401 g/mol. The second-order valence-corrected chi connectivity index (χ2v) is 8.03. The van der Waals surface area contributed by atoms with Gasteiger partial charge in [-0.1, -0.05) is 54.3 Å². The van der Waals surface area contributed by atoms with Crippen LogP contribution in [0.2, 0.25) is 0 Å². The Morgan fingerprint density at radius 1 is 1.07 bits per heavy atom. The summed E-state index contributed by atoms with van der Waals surface area (Å²) >= 11 is 6.75. The fourth-order valence-corrected chi connectivity index (χ4v) is 4.36. The molecule has 0 aliphatic carbocycles. The highest BCUT2D eigenvalue weighted by molar-refractivity contribution is 8.26. The molecule has 140 valence electrons. The molecule has 0 unspecified atom stereocenters. The molecule has 3 heterocycles. The van der Waals surface area contributed by atoms with Gasteiger partial charge in [0.2, 0.25) is 0 Å². The molecule has 1 aromatic carbocycles. The molecule has 7 heteroatoms. The number of morpholine rings is 1. The summed E-state index contributed by atoms with van der Waals surface area (Å²) < 4.78 is 11.8. The minimum atomic E-state index is -0.0454. The molecular weight excluding hydrogens is 380 g/mol. The van der Waals surface area contributed by atoms with E-state index in [2.05, 4.69) is 4.90 Å². The van der Waals surface area contributed by atoms with Gasteiger partial charge in [-0.25, -0.2) is 0 Å². The zero-order valence-electron chi connectivity index (χ0n) is 14.8. The van der Waals surface area contributed by atoms with Crippen LogP contribution in [-0.4, -0.2) is 59.4 Å². The number of hydrogen-bond acceptors (Lipinski definition) is 6. The highest BCUT2D eigenvalue weighted by atomic mass is 32.2. The number of hydrogen-bond donors (Lipinski definition) is 0. The quantitative estimate of drug-likeness (QED) is 0.566. The van der Waals surface area contributed by atoms with Crippen LogP contribution >= 0.6 is 24.0 Å². The highest BCUT2D eigenvalue weighted by Crippen LogP contribution is 2.33. The number of nitrogens with zero attached hydrogens (tertiary/aromatic N) is 2. The van der Waals surface area contributed by atoms with Crippen LogP contribution in [0.25, 0.3) is 17.4 Å². The van der Waals surface area contributed by atoms with Crippen LogP contribution in [0, 0.1) is 0 Å². The maximum Gasteiger partial charge on any atom is 0.266 e. The van der Waals surface area contributed by atoms with Crippen molar-refractivity contribution in [1.82, 2.24) is 9.80 Å². The maximum absolute atomic E-state index is 12.7. The van der Waals surface area contributed by atoms with Gasteiger partial charge in [0.05, 0.1) is 18.1 Å². The molecule has 0 saturated carbocycles. The molecule has 27 heavy (non-hydrogen) atoms. The lowest BCUT2D eigenvalue weighted by Gasteiger charge is -2.28. The molecule has 2 aromatic rings. The summed E-state index contributed by atoms with van der Waals surface area (Å²) in [5.41, 5.74) is 1.01. The molecule has 1 amide bonds. The minimum Gasteiger partial charge on any atom is -0.457 e. The van der Waals surface area contributed by atoms with Crippen LogP contribution in [0.4, 0.5) is 0 Å². The van der Waals surface area contributed by atoms with E-state index < -0.39 is 0 Å². The van der Waals surface area contributed by atoms with Crippen molar-refractivity contribution < 1.29 is 13.9 Å². The lowest BCUT2D eigenvalue weighted by molar-refractivity contribution is -0.122. The monoisotopic (exact) mass is 400 g/mol. The molecule has 0 spiro atoms. The number of carbonyl (C=O) groups is 1. The molecule has 2 aliphatic rings. The molecule has 2 fully saturated rings. The smallest absolute Gasteiger partial charge is 0.266 e. The molecule has 1 aromatic heterocycles. The summed E-state index contributed by atoms with van der Waals surface area (Å²) in [6.07, 6.45) is 1.78.